The largest absolute Gasteiger partial charge is 0.310 e. The van der Waals surface area contributed by atoms with Crippen LogP contribution in [0.2, 0.25) is 0 Å². The van der Waals surface area contributed by atoms with Gasteiger partial charge in [-0.3, -0.25) is 4.90 Å². The molecule has 0 aromatic rings. The number of nitrogens with one attached hydrogen (secondary N) is 1. The first kappa shape index (κ1) is 13.4. The standard InChI is InChI=1S/C15H30N2/c1-5-14(6-2)17-11-15(4,13-7-8-13)16-10-9-12(17)3/h12-14,16H,5-11H2,1-4H3. The second-order valence-electron chi connectivity index (χ2n) is 6.40. The maximum Gasteiger partial charge on any atom is 0.0308 e. The van der Waals surface area contributed by atoms with E-state index >= 15 is 0 Å². The monoisotopic (exact) mass is 238 g/mol. The Bertz CT molecular complexity index is 245. The molecule has 1 aliphatic carbocycles. The van der Waals surface area contributed by atoms with Crippen LogP contribution in [-0.4, -0.2) is 35.6 Å². The molecule has 100 valence electrons. The van der Waals surface area contributed by atoms with Gasteiger partial charge in [-0.1, -0.05) is 13.8 Å². The molecule has 2 unspecified atom stereocenters. The first-order valence-electron chi connectivity index (χ1n) is 7.61. The molecule has 1 heterocycles. The summed E-state index contributed by atoms with van der Waals surface area (Å²) in [6, 6.07) is 1.52. The molecule has 1 N–H and O–H groups in total. The highest BCUT2D eigenvalue weighted by molar-refractivity contribution is 5.02. The Labute approximate surface area is 107 Å². The van der Waals surface area contributed by atoms with E-state index in [0.717, 1.165) is 18.0 Å². The minimum absolute atomic E-state index is 0.382. The summed E-state index contributed by atoms with van der Waals surface area (Å²) >= 11 is 0. The topological polar surface area (TPSA) is 15.3 Å². The summed E-state index contributed by atoms with van der Waals surface area (Å²) in [7, 11) is 0. The molecule has 0 aromatic heterocycles. The Balaban J connectivity index is 2.10. The van der Waals surface area contributed by atoms with Crippen LogP contribution in [0.25, 0.3) is 0 Å². The van der Waals surface area contributed by atoms with E-state index in [9.17, 15) is 0 Å². The zero-order chi connectivity index (χ0) is 12.5. The summed E-state index contributed by atoms with van der Waals surface area (Å²) in [6.45, 7) is 12.0. The second-order valence-corrected chi connectivity index (χ2v) is 6.40. The van der Waals surface area contributed by atoms with Gasteiger partial charge in [-0.25, -0.2) is 0 Å². The van der Waals surface area contributed by atoms with Crippen LogP contribution in [0.3, 0.4) is 0 Å². The van der Waals surface area contributed by atoms with Crippen molar-refractivity contribution in [2.45, 2.75) is 77.4 Å². The molecule has 2 aliphatic rings. The van der Waals surface area contributed by atoms with Gasteiger partial charge in [0, 0.05) is 24.2 Å². The van der Waals surface area contributed by atoms with Gasteiger partial charge >= 0.3 is 0 Å². The van der Waals surface area contributed by atoms with Crippen LogP contribution in [-0.2, 0) is 0 Å². The Morgan fingerprint density at radius 3 is 2.41 bits per heavy atom. The van der Waals surface area contributed by atoms with Crippen LogP contribution in [0.5, 0.6) is 0 Å². The third-order valence-electron chi connectivity index (χ3n) is 5.06. The molecule has 2 rings (SSSR count). The van der Waals surface area contributed by atoms with Crippen LogP contribution in [0.15, 0.2) is 0 Å². The minimum atomic E-state index is 0.382. The van der Waals surface area contributed by atoms with Crippen molar-refractivity contribution in [2.24, 2.45) is 5.92 Å². The number of hydrogen-bond acceptors (Lipinski definition) is 2. The smallest absolute Gasteiger partial charge is 0.0308 e. The molecule has 1 saturated heterocycles. The van der Waals surface area contributed by atoms with Crippen molar-refractivity contribution >= 4 is 0 Å². The van der Waals surface area contributed by atoms with Crippen LogP contribution in [0.1, 0.15) is 59.8 Å². The molecule has 2 atom stereocenters. The van der Waals surface area contributed by atoms with Crippen molar-refractivity contribution < 1.29 is 0 Å². The van der Waals surface area contributed by atoms with E-state index in [1.54, 1.807) is 0 Å². The summed E-state index contributed by atoms with van der Waals surface area (Å²) in [4.78, 5) is 2.79. The minimum Gasteiger partial charge on any atom is -0.310 e. The van der Waals surface area contributed by atoms with Gasteiger partial charge in [0.25, 0.3) is 0 Å². The molecule has 2 fully saturated rings. The summed E-state index contributed by atoms with van der Waals surface area (Å²) in [5, 5.41) is 3.84. The molecule has 0 spiro atoms. The van der Waals surface area contributed by atoms with E-state index in [1.165, 1.54) is 45.2 Å². The lowest BCUT2D eigenvalue weighted by atomic mass is 9.94. The fourth-order valence-corrected chi connectivity index (χ4v) is 3.56. The fraction of sp³-hybridized carbons (Fsp3) is 1.00. The highest BCUT2D eigenvalue weighted by Crippen LogP contribution is 2.41. The predicted molar refractivity (Wildman–Crippen MR) is 74.3 cm³/mol. The highest BCUT2D eigenvalue weighted by Gasteiger charge is 2.44. The van der Waals surface area contributed by atoms with Crippen LogP contribution >= 0.6 is 0 Å². The average Bonchev–Trinajstić information content (AvgIpc) is 3.12. The SMILES string of the molecule is CCC(CC)N1CC(C)(C2CC2)NCCC1C. The van der Waals surface area contributed by atoms with Gasteiger partial charge in [-0.2, -0.15) is 0 Å². The molecule has 0 aromatic carbocycles. The van der Waals surface area contributed by atoms with Crippen molar-refractivity contribution in [1.29, 1.82) is 0 Å². The van der Waals surface area contributed by atoms with E-state index in [-0.39, 0.29) is 0 Å². The fourth-order valence-electron chi connectivity index (χ4n) is 3.56. The third-order valence-corrected chi connectivity index (χ3v) is 5.06. The molecule has 0 amide bonds. The maximum absolute atomic E-state index is 3.84. The lowest BCUT2D eigenvalue weighted by Crippen LogP contribution is -2.53. The first-order valence-corrected chi connectivity index (χ1v) is 7.61. The molecule has 0 bridgehead atoms. The van der Waals surface area contributed by atoms with Gasteiger partial charge in [-0.15, -0.1) is 0 Å². The van der Waals surface area contributed by atoms with Crippen molar-refractivity contribution in [2.75, 3.05) is 13.1 Å². The molecular weight excluding hydrogens is 208 g/mol. The van der Waals surface area contributed by atoms with Gasteiger partial charge in [0.15, 0.2) is 0 Å². The highest BCUT2D eigenvalue weighted by atomic mass is 15.2. The van der Waals surface area contributed by atoms with E-state index in [4.69, 9.17) is 0 Å². The summed E-state index contributed by atoms with van der Waals surface area (Å²) in [5.41, 5.74) is 0.382. The van der Waals surface area contributed by atoms with Crippen molar-refractivity contribution in [3.8, 4) is 0 Å². The van der Waals surface area contributed by atoms with Gasteiger partial charge in [0.1, 0.15) is 0 Å². The van der Waals surface area contributed by atoms with Crippen LogP contribution in [0, 0.1) is 5.92 Å². The number of hydrogen-bond donors (Lipinski definition) is 1. The summed E-state index contributed by atoms with van der Waals surface area (Å²) in [5.74, 6) is 0.935. The lowest BCUT2D eigenvalue weighted by molar-refractivity contribution is 0.104. The van der Waals surface area contributed by atoms with Crippen molar-refractivity contribution in [3.05, 3.63) is 0 Å². The Morgan fingerprint density at radius 2 is 1.88 bits per heavy atom. The molecule has 2 nitrogen and oxygen atoms in total. The van der Waals surface area contributed by atoms with Gasteiger partial charge in [-0.05, 0) is 58.4 Å². The second kappa shape index (κ2) is 5.27. The quantitative estimate of drug-likeness (QED) is 0.810. The van der Waals surface area contributed by atoms with Crippen molar-refractivity contribution in [1.82, 2.24) is 10.2 Å². The van der Waals surface area contributed by atoms with E-state index in [2.05, 4.69) is 37.9 Å². The van der Waals surface area contributed by atoms with Crippen LogP contribution in [0.4, 0.5) is 0 Å². The van der Waals surface area contributed by atoms with Gasteiger partial charge in [0.05, 0.1) is 0 Å². The summed E-state index contributed by atoms with van der Waals surface area (Å²) in [6.07, 6.45) is 6.77. The van der Waals surface area contributed by atoms with E-state index in [0.29, 0.717) is 5.54 Å². The molecule has 17 heavy (non-hydrogen) atoms. The van der Waals surface area contributed by atoms with Gasteiger partial charge in [0.2, 0.25) is 0 Å². The van der Waals surface area contributed by atoms with Crippen molar-refractivity contribution in [3.63, 3.8) is 0 Å². The summed E-state index contributed by atoms with van der Waals surface area (Å²) < 4.78 is 0. The molecule has 0 radical (unpaired) electrons. The van der Waals surface area contributed by atoms with E-state index < -0.39 is 0 Å². The molecule has 2 heteroatoms. The normalized spacial score (nSPS) is 36.2. The number of rotatable bonds is 4. The predicted octanol–water partition coefficient (Wildman–Crippen LogP) is 3.03. The van der Waals surface area contributed by atoms with E-state index in [1.807, 2.05) is 0 Å². The van der Waals surface area contributed by atoms with Gasteiger partial charge < -0.3 is 5.32 Å². The Morgan fingerprint density at radius 1 is 1.24 bits per heavy atom. The lowest BCUT2D eigenvalue weighted by Gasteiger charge is -2.40. The average molecular weight is 238 g/mol. The zero-order valence-electron chi connectivity index (χ0n) is 12.1. The third kappa shape index (κ3) is 2.85. The maximum atomic E-state index is 3.84. The zero-order valence-corrected chi connectivity index (χ0v) is 12.1. The molecule has 1 saturated carbocycles. The number of nitrogens with zero attached hydrogens (tertiary/aromatic N) is 1. The molecular formula is C15H30N2. The Kier molecular flexibility index (Phi) is 4.14. The van der Waals surface area contributed by atoms with Crippen LogP contribution < -0.4 is 5.32 Å². The Hall–Kier alpha value is -0.0800. The molecule has 1 aliphatic heterocycles. The first-order chi connectivity index (χ1) is 8.10.